The highest BCUT2D eigenvalue weighted by Crippen LogP contribution is 2.21. The molecule has 0 aromatic heterocycles. The summed E-state index contributed by atoms with van der Waals surface area (Å²) < 4.78 is 17.8. The molecular formula is C9H9FO3. The lowest BCUT2D eigenvalue weighted by molar-refractivity contribution is 0.0691. The standard InChI is InChI=1S/C9H9FO3/c1-5-3-6(9(11)12)7(10)4-8(5)13-2/h3-4H,1-2H3,(H,11,12). The number of carboxylic acid groups (broad SMARTS) is 1. The molecular weight excluding hydrogens is 175 g/mol. The van der Waals surface area contributed by atoms with Crippen LogP contribution in [0.1, 0.15) is 15.9 Å². The SMILES string of the molecule is COc1cc(F)c(C(=O)O)cc1C. The van der Waals surface area contributed by atoms with E-state index < -0.39 is 11.8 Å². The van der Waals surface area contributed by atoms with Gasteiger partial charge in [-0.3, -0.25) is 0 Å². The van der Waals surface area contributed by atoms with Gasteiger partial charge in [0.1, 0.15) is 11.6 Å². The van der Waals surface area contributed by atoms with Crippen LogP contribution in [0.25, 0.3) is 0 Å². The van der Waals surface area contributed by atoms with E-state index in [1.807, 2.05) is 0 Å². The van der Waals surface area contributed by atoms with Crippen LogP contribution in [-0.4, -0.2) is 18.2 Å². The summed E-state index contributed by atoms with van der Waals surface area (Å²) in [5.74, 6) is -1.71. The van der Waals surface area contributed by atoms with Crippen molar-refractivity contribution in [3.05, 3.63) is 29.1 Å². The molecule has 3 nitrogen and oxygen atoms in total. The first kappa shape index (κ1) is 9.51. The van der Waals surface area contributed by atoms with Crippen LogP contribution in [0.3, 0.4) is 0 Å². The number of aromatic carboxylic acids is 1. The molecule has 0 atom stereocenters. The Morgan fingerprint density at radius 1 is 1.54 bits per heavy atom. The number of hydrogen-bond acceptors (Lipinski definition) is 2. The van der Waals surface area contributed by atoms with Crippen molar-refractivity contribution in [2.75, 3.05) is 7.11 Å². The van der Waals surface area contributed by atoms with Crippen LogP contribution in [-0.2, 0) is 0 Å². The molecule has 0 radical (unpaired) electrons. The van der Waals surface area contributed by atoms with Crippen molar-refractivity contribution >= 4 is 5.97 Å². The maximum absolute atomic E-state index is 13.0. The molecule has 0 fully saturated rings. The average Bonchev–Trinajstić information content (AvgIpc) is 2.07. The lowest BCUT2D eigenvalue weighted by Crippen LogP contribution is -2.02. The van der Waals surface area contributed by atoms with Crippen molar-refractivity contribution in [3.63, 3.8) is 0 Å². The lowest BCUT2D eigenvalue weighted by atomic mass is 10.1. The quantitative estimate of drug-likeness (QED) is 0.762. The van der Waals surface area contributed by atoms with Gasteiger partial charge in [0.25, 0.3) is 0 Å². The molecule has 13 heavy (non-hydrogen) atoms. The second-order valence-corrected chi connectivity index (χ2v) is 2.61. The predicted molar refractivity (Wildman–Crippen MR) is 44.6 cm³/mol. The van der Waals surface area contributed by atoms with Gasteiger partial charge in [0.15, 0.2) is 0 Å². The molecule has 4 heteroatoms. The van der Waals surface area contributed by atoms with Crippen LogP contribution in [0.5, 0.6) is 5.75 Å². The van der Waals surface area contributed by atoms with E-state index in [4.69, 9.17) is 9.84 Å². The van der Waals surface area contributed by atoms with Gasteiger partial charge in [-0.25, -0.2) is 9.18 Å². The summed E-state index contributed by atoms with van der Waals surface area (Å²) in [6, 6.07) is 2.31. The maximum Gasteiger partial charge on any atom is 0.338 e. The van der Waals surface area contributed by atoms with Gasteiger partial charge >= 0.3 is 5.97 Å². The summed E-state index contributed by atoms with van der Waals surface area (Å²) in [5.41, 5.74) is 0.264. The van der Waals surface area contributed by atoms with Crippen LogP contribution >= 0.6 is 0 Å². The zero-order valence-corrected chi connectivity index (χ0v) is 7.30. The number of benzene rings is 1. The first-order chi connectivity index (χ1) is 6.06. The van der Waals surface area contributed by atoms with E-state index in [9.17, 15) is 9.18 Å². The molecule has 1 aromatic carbocycles. The summed E-state index contributed by atoms with van der Waals surface area (Å²) in [6.07, 6.45) is 0. The number of rotatable bonds is 2. The average molecular weight is 184 g/mol. The van der Waals surface area contributed by atoms with Crippen LogP contribution in [0.15, 0.2) is 12.1 Å². The Morgan fingerprint density at radius 3 is 2.62 bits per heavy atom. The Balaban J connectivity index is 3.28. The maximum atomic E-state index is 13.0. The van der Waals surface area contributed by atoms with E-state index in [2.05, 4.69) is 0 Å². The molecule has 0 aliphatic carbocycles. The molecule has 0 bridgehead atoms. The lowest BCUT2D eigenvalue weighted by Gasteiger charge is -2.05. The smallest absolute Gasteiger partial charge is 0.338 e. The number of aryl methyl sites for hydroxylation is 1. The number of carbonyl (C=O) groups is 1. The summed E-state index contributed by atoms with van der Waals surface area (Å²) >= 11 is 0. The van der Waals surface area contributed by atoms with Crippen molar-refractivity contribution in [3.8, 4) is 5.75 Å². The van der Waals surface area contributed by atoms with Crippen LogP contribution in [0.4, 0.5) is 4.39 Å². The number of ether oxygens (including phenoxy) is 1. The molecule has 0 amide bonds. The summed E-state index contributed by atoms with van der Waals surface area (Å²) in [5, 5.41) is 8.57. The highest BCUT2D eigenvalue weighted by molar-refractivity contribution is 5.88. The van der Waals surface area contributed by atoms with Crippen LogP contribution < -0.4 is 4.74 Å². The van der Waals surface area contributed by atoms with Gasteiger partial charge in [0.05, 0.1) is 12.7 Å². The number of hydrogen-bond donors (Lipinski definition) is 1. The monoisotopic (exact) mass is 184 g/mol. The molecule has 0 saturated carbocycles. The summed E-state index contributed by atoms with van der Waals surface area (Å²) in [7, 11) is 1.40. The third kappa shape index (κ3) is 1.77. The minimum absolute atomic E-state index is 0.335. The first-order valence-electron chi connectivity index (χ1n) is 3.63. The Kier molecular flexibility index (Phi) is 2.51. The molecule has 70 valence electrons. The molecule has 1 aromatic rings. The van der Waals surface area contributed by atoms with Crippen molar-refractivity contribution in [1.82, 2.24) is 0 Å². The zero-order valence-electron chi connectivity index (χ0n) is 7.30. The Hall–Kier alpha value is -1.58. The highest BCUT2D eigenvalue weighted by Gasteiger charge is 2.12. The van der Waals surface area contributed by atoms with Gasteiger partial charge in [0.2, 0.25) is 0 Å². The number of halogens is 1. The second kappa shape index (κ2) is 3.43. The second-order valence-electron chi connectivity index (χ2n) is 2.61. The van der Waals surface area contributed by atoms with Gasteiger partial charge < -0.3 is 9.84 Å². The molecule has 1 rings (SSSR count). The predicted octanol–water partition coefficient (Wildman–Crippen LogP) is 1.84. The van der Waals surface area contributed by atoms with Crippen molar-refractivity contribution < 1.29 is 19.0 Å². The van der Waals surface area contributed by atoms with E-state index >= 15 is 0 Å². The molecule has 0 unspecified atom stereocenters. The molecule has 0 saturated heterocycles. The Morgan fingerprint density at radius 2 is 2.15 bits per heavy atom. The third-order valence-electron chi connectivity index (χ3n) is 1.71. The topological polar surface area (TPSA) is 46.5 Å². The van der Waals surface area contributed by atoms with Gasteiger partial charge in [-0.15, -0.1) is 0 Å². The van der Waals surface area contributed by atoms with Gasteiger partial charge in [-0.1, -0.05) is 0 Å². The molecule has 0 heterocycles. The summed E-state index contributed by atoms with van der Waals surface area (Å²) in [6.45, 7) is 1.66. The summed E-state index contributed by atoms with van der Waals surface area (Å²) in [4.78, 5) is 10.5. The number of methoxy groups -OCH3 is 1. The normalized spacial score (nSPS) is 9.77. The molecule has 0 spiro atoms. The minimum Gasteiger partial charge on any atom is -0.496 e. The van der Waals surface area contributed by atoms with Crippen molar-refractivity contribution in [2.24, 2.45) is 0 Å². The molecule has 1 N–H and O–H groups in total. The zero-order chi connectivity index (χ0) is 10.0. The fourth-order valence-corrected chi connectivity index (χ4v) is 1.05. The largest absolute Gasteiger partial charge is 0.496 e. The third-order valence-corrected chi connectivity index (χ3v) is 1.71. The first-order valence-corrected chi connectivity index (χ1v) is 3.63. The van der Waals surface area contributed by atoms with Crippen molar-refractivity contribution in [1.29, 1.82) is 0 Å². The van der Waals surface area contributed by atoms with Crippen molar-refractivity contribution in [2.45, 2.75) is 6.92 Å². The van der Waals surface area contributed by atoms with Gasteiger partial charge in [-0.2, -0.15) is 0 Å². The number of carboxylic acids is 1. The highest BCUT2D eigenvalue weighted by atomic mass is 19.1. The van der Waals surface area contributed by atoms with E-state index in [-0.39, 0.29) is 5.56 Å². The minimum atomic E-state index is -1.27. The van der Waals surface area contributed by atoms with E-state index in [0.717, 1.165) is 6.07 Å². The fourth-order valence-electron chi connectivity index (χ4n) is 1.05. The fraction of sp³-hybridized carbons (Fsp3) is 0.222. The van der Waals surface area contributed by atoms with Gasteiger partial charge in [0, 0.05) is 6.07 Å². The van der Waals surface area contributed by atoms with Crippen LogP contribution in [0, 0.1) is 12.7 Å². The van der Waals surface area contributed by atoms with E-state index in [1.165, 1.54) is 13.2 Å². The van der Waals surface area contributed by atoms with Crippen LogP contribution in [0.2, 0.25) is 0 Å². The van der Waals surface area contributed by atoms with Gasteiger partial charge in [-0.05, 0) is 18.6 Å². The van der Waals surface area contributed by atoms with E-state index in [0.29, 0.717) is 11.3 Å². The Bertz CT molecular complexity index is 347. The molecule has 0 aliphatic rings. The van der Waals surface area contributed by atoms with E-state index in [1.54, 1.807) is 6.92 Å². The molecule has 0 aliphatic heterocycles. The Labute approximate surface area is 74.8 Å².